The van der Waals surface area contributed by atoms with E-state index in [9.17, 15) is 0 Å². The van der Waals surface area contributed by atoms with Gasteiger partial charge >= 0.3 is 0 Å². The predicted molar refractivity (Wildman–Crippen MR) is 160 cm³/mol. The molecule has 0 aliphatic carbocycles. The Labute approximate surface area is 237 Å². The maximum Gasteiger partial charge on any atom is 0.228 e. The number of ether oxygens (including phenoxy) is 4. The molecule has 220 valence electrons. The van der Waals surface area contributed by atoms with E-state index in [0.29, 0.717) is 64.5 Å². The lowest BCUT2D eigenvalue weighted by atomic mass is 10.3. The van der Waals surface area contributed by atoms with E-state index in [1.165, 1.54) is 0 Å². The normalized spacial score (nSPS) is 13.7. The molecule has 3 heterocycles. The highest BCUT2D eigenvalue weighted by atomic mass is 32.2. The Kier molecular flexibility index (Phi) is 13.5. The molecular weight excluding hydrogens is 520 g/mol. The second-order valence-corrected chi connectivity index (χ2v) is 10.6. The highest BCUT2D eigenvalue weighted by Gasteiger charge is 2.26. The van der Waals surface area contributed by atoms with Crippen molar-refractivity contribution in [2.24, 2.45) is 0 Å². The standard InChI is InChI=1S/C26H46N8O4S/c1-7-8-31(2)23-21-22(28-25(29-23)33(9-15-35-3)10-16-36-4)24(32-13-19-39-20-14-32)30-26(27-21)34(11-17-37-5)12-18-38-6/h7-20H2,1-6H3. The van der Waals surface area contributed by atoms with Gasteiger partial charge in [-0.25, -0.2) is 9.97 Å². The Hall–Kier alpha value is -2.19. The summed E-state index contributed by atoms with van der Waals surface area (Å²) in [6.07, 6.45) is 0.982. The van der Waals surface area contributed by atoms with Crippen LogP contribution in [0.5, 0.6) is 0 Å². The van der Waals surface area contributed by atoms with E-state index in [-0.39, 0.29) is 0 Å². The number of anilines is 4. The third-order valence-corrected chi connectivity index (χ3v) is 7.48. The molecule has 0 radical (unpaired) electrons. The van der Waals surface area contributed by atoms with Crippen molar-refractivity contribution in [2.75, 3.05) is 139 Å². The van der Waals surface area contributed by atoms with E-state index in [4.69, 9.17) is 38.9 Å². The third kappa shape index (κ3) is 8.65. The summed E-state index contributed by atoms with van der Waals surface area (Å²) in [5, 5.41) is 0. The maximum atomic E-state index is 5.40. The van der Waals surface area contributed by atoms with Gasteiger partial charge in [0.15, 0.2) is 11.6 Å². The largest absolute Gasteiger partial charge is 0.383 e. The minimum Gasteiger partial charge on any atom is -0.383 e. The Balaban J connectivity index is 2.25. The highest BCUT2D eigenvalue weighted by molar-refractivity contribution is 7.99. The van der Waals surface area contributed by atoms with Crippen LogP contribution in [0.25, 0.3) is 11.0 Å². The van der Waals surface area contributed by atoms with Gasteiger partial charge in [-0.3, -0.25) is 0 Å². The minimum absolute atomic E-state index is 0.560. The molecule has 2 aromatic heterocycles. The van der Waals surface area contributed by atoms with Crippen LogP contribution in [0, 0.1) is 0 Å². The van der Waals surface area contributed by atoms with Crippen LogP contribution in [-0.4, -0.2) is 139 Å². The third-order valence-electron chi connectivity index (χ3n) is 6.54. The summed E-state index contributed by atoms with van der Waals surface area (Å²) < 4.78 is 21.6. The van der Waals surface area contributed by atoms with Crippen molar-refractivity contribution >= 4 is 46.3 Å². The number of hydrogen-bond acceptors (Lipinski definition) is 13. The first kappa shape index (κ1) is 31.3. The first-order chi connectivity index (χ1) is 19.1. The molecule has 1 saturated heterocycles. The summed E-state index contributed by atoms with van der Waals surface area (Å²) in [6.45, 7) is 9.67. The van der Waals surface area contributed by atoms with Gasteiger partial charge in [-0.05, 0) is 6.42 Å². The lowest BCUT2D eigenvalue weighted by molar-refractivity contribution is 0.189. The number of methoxy groups -OCH3 is 4. The van der Waals surface area contributed by atoms with Crippen LogP contribution in [0.2, 0.25) is 0 Å². The van der Waals surface area contributed by atoms with Crippen molar-refractivity contribution in [1.29, 1.82) is 0 Å². The van der Waals surface area contributed by atoms with E-state index >= 15 is 0 Å². The van der Waals surface area contributed by atoms with E-state index in [0.717, 1.165) is 60.2 Å². The van der Waals surface area contributed by atoms with Gasteiger partial charge in [-0.15, -0.1) is 0 Å². The van der Waals surface area contributed by atoms with E-state index in [1.54, 1.807) is 28.4 Å². The van der Waals surface area contributed by atoms with Crippen molar-refractivity contribution in [1.82, 2.24) is 19.9 Å². The van der Waals surface area contributed by atoms with Crippen LogP contribution >= 0.6 is 11.8 Å². The van der Waals surface area contributed by atoms with Crippen molar-refractivity contribution < 1.29 is 18.9 Å². The molecule has 0 N–H and O–H groups in total. The molecule has 39 heavy (non-hydrogen) atoms. The number of nitrogens with zero attached hydrogens (tertiary/aromatic N) is 8. The van der Waals surface area contributed by atoms with Crippen molar-refractivity contribution in [3.63, 3.8) is 0 Å². The van der Waals surface area contributed by atoms with Crippen molar-refractivity contribution in [2.45, 2.75) is 13.3 Å². The molecule has 0 atom stereocenters. The zero-order chi connectivity index (χ0) is 28.0. The van der Waals surface area contributed by atoms with Gasteiger partial charge in [0.2, 0.25) is 11.9 Å². The van der Waals surface area contributed by atoms with Gasteiger partial charge in [0.25, 0.3) is 0 Å². The quantitative estimate of drug-likeness (QED) is 0.263. The Morgan fingerprint density at radius 1 is 0.692 bits per heavy atom. The summed E-state index contributed by atoms with van der Waals surface area (Å²) in [6, 6.07) is 0. The Bertz CT molecular complexity index is 982. The summed E-state index contributed by atoms with van der Waals surface area (Å²) >= 11 is 1.97. The monoisotopic (exact) mass is 566 g/mol. The van der Waals surface area contributed by atoms with Gasteiger partial charge in [0, 0.05) is 92.8 Å². The van der Waals surface area contributed by atoms with Gasteiger partial charge in [-0.2, -0.15) is 21.7 Å². The predicted octanol–water partition coefficient (Wildman–Crippen LogP) is 2.02. The van der Waals surface area contributed by atoms with Crippen LogP contribution in [-0.2, 0) is 18.9 Å². The molecule has 0 spiro atoms. The smallest absolute Gasteiger partial charge is 0.228 e. The number of rotatable bonds is 18. The fourth-order valence-corrected chi connectivity index (χ4v) is 5.28. The number of thioether (sulfide) groups is 1. The minimum atomic E-state index is 0.560. The molecule has 0 bridgehead atoms. The molecule has 0 aromatic carbocycles. The van der Waals surface area contributed by atoms with Crippen LogP contribution in [0.3, 0.4) is 0 Å². The topological polar surface area (TPSA) is 101 Å². The molecule has 1 aliphatic rings. The molecule has 3 rings (SSSR count). The average Bonchev–Trinajstić information content (AvgIpc) is 2.97. The summed E-state index contributed by atoms with van der Waals surface area (Å²) in [5.41, 5.74) is 1.53. The van der Waals surface area contributed by atoms with Crippen molar-refractivity contribution in [3.05, 3.63) is 0 Å². The van der Waals surface area contributed by atoms with Crippen molar-refractivity contribution in [3.8, 4) is 0 Å². The van der Waals surface area contributed by atoms with E-state index in [2.05, 4.69) is 33.6 Å². The molecule has 0 amide bonds. The molecule has 1 aliphatic heterocycles. The molecule has 0 unspecified atom stereocenters. The number of aromatic nitrogens is 4. The lowest BCUT2D eigenvalue weighted by Crippen LogP contribution is -2.36. The molecule has 13 heteroatoms. The maximum absolute atomic E-state index is 5.40. The molecule has 12 nitrogen and oxygen atoms in total. The van der Waals surface area contributed by atoms with Gasteiger partial charge in [0.1, 0.15) is 11.0 Å². The molecular formula is C26H46N8O4S. The first-order valence-corrected chi connectivity index (χ1v) is 14.8. The second kappa shape index (κ2) is 16.8. The SMILES string of the molecule is CCCN(C)c1nc(N(CCOC)CCOC)nc2c(N3CCSCC3)nc(N(CCOC)CCOC)nc12. The fraction of sp³-hybridized carbons (Fsp3) is 0.769. The second-order valence-electron chi connectivity index (χ2n) is 9.36. The highest BCUT2D eigenvalue weighted by Crippen LogP contribution is 2.33. The number of hydrogen-bond donors (Lipinski definition) is 0. The van der Waals surface area contributed by atoms with Crippen LogP contribution in [0.15, 0.2) is 0 Å². The van der Waals surface area contributed by atoms with Gasteiger partial charge in [-0.1, -0.05) is 6.92 Å². The molecule has 1 fully saturated rings. The Morgan fingerprint density at radius 2 is 1.18 bits per heavy atom. The molecule has 2 aromatic rings. The zero-order valence-corrected chi connectivity index (χ0v) is 25.3. The molecule has 0 saturated carbocycles. The zero-order valence-electron chi connectivity index (χ0n) is 24.5. The average molecular weight is 567 g/mol. The van der Waals surface area contributed by atoms with Crippen LogP contribution < -0.4 is 19.6 Å². The summed E-state index contributed by atoms with van der Waals surface area (Å²) in [7, 11) is 8.89. The lowest BCUT2D eigenvalue weighted by Gasteiger charge is -2.31. The fourth-order valence-electron chi connectivity index (χ4n) is 4.38. The number of fused-ring (bicyclic) bond motifs is 1. The first-order valence-electron chi connectivity index (χ1n) is 13.7. The van der Waals surface area contributed by atoms with E-state index < -0.39 is 0 Å². The van der Waals surface area contributed by atoms with Crippen LogP contribution in [0.4, 0.5) is 23.5 Å². The Morgan fingerprint density at radius 3 is 1.67 bits per heavy atom. The van der Waals surface area contributed by atoms with Gasteiger partial charge in [0.05, 0.1) is 26.4 Å². The summed E-state index contributed by atoms with van der Waals surface area (Å²) in [4.78, 5) is 29.2. The summed E-state index contributed by atoms with van der Waals surface area (Å²) in [5.74, 6) is 5.02. The van der Waals surface area contributed by atoms with Crippen LogP contribution in [0.1, 0.15) is 13.3 Å². The van der Waals surface area contributed by atoms with Gasteiger partial charge < -0.3 is 38.5 Å². The van der Waals surface area contributed by atoms with E-state index in [1.807, 2.05) is 11.8 Å².